The van der Waals surface area contributed by atoms with Crippen molar-refractivity contribution in [2.75, 3.05) is 6.61 Å². The quantitative estimate of drug-likeness (QED) is 0.823. The van der Waals surface area contributed by atoms with Crippen molar-refractivity contribution in [3.63, 3.8) is 0 Å². The molecule has 0 bridgehead atoms. The molecule has 0 spiro atoms. The van der Waals surface area contributed by atoms with Crippen molar-refractivity contribution in [2.24, 2.45) is 0 Å². The summed E-state index contributed by atoms with van der Waals surface area (Å²) in [6, 6.07) is 8.16. The number of nitrogens with one attached hydrogen (secondary N) is 1. The minimum absolute atomic E-state index is 0.0326. The van der Waals surface area contributed by atoms with Gasteiger partial charge in [-0.25, -0.2) is 0 Å². The Morgan fingerprint density at radius 1 is 1.29 bits per heavy atom. The number of aryl methyl sites for hydroxylation is 1. The molecule has 0 aromatic heterocycles. The summed E-state index contributed by atoms with van der Waals surface area (Å²) < 4.78 is 5.50. The minimum Gasteiger partial charge on any atom is -0.493 e. The largest absolute Gasteiger partial charge is 0.493 e. The third-order valence-corrected chi connectivity index (χ3v) is 2.38. The van der Waals surface area contributed by atoms with Gasteiger partial charge < -0.3 is 10.1 Å². The third kappa shape index (κ3) is 5.38. The first-order valence-corrected chi connectivity index (χ1v) is 6.13. The highest BCUT2D eigenvalue weighted by Crippen LogP contribution is 2.12. The van der Waals surface area contributed by atoms with Gasteiger partial charge in [0.2, 0.25) is 5.91 Å². The molecule has 0 atom stereocenters. The van der Waals surface area contributed by atoms with Crippen LogP contribution in [-0.2, 0) is 11.2 Å². The molecule has 1 aromatic rings. The molecule has 17 heavy (non-hydrogen) atoms. The number of carbonyl (C=O) groups excluding carboxylic acids is 1. The Morgan fingerprint density at radius 2 is 1.94 bits per heavy atom. The van der Waals surface area contributed by atoms with E-state index in [1.165, 1.54) is 5.56 Å². The Hall–Kier alpha value is -1.51. The summed E-state index contributed by atoms with van der Waals surface area (Å²) in [5.41, 5.74) is 1.29. The maximum atomic E-state index is 11.4. The molecule has 0 saturated heterocycles. The predicted molar refractivity (Wildman–Crippen MR) is 69.2 cm³/mol. The van der Waals surface area contributed by atoms with Crippen LogP contribution in [0.5, 0.6) is 5.75 Å². The molecular formula is C14H21NO2. The van der Waals surface area contributed by atoms with Crippen LogP contribution >= 0.6 is 0 Å². The number of amides is 1. The molecule has 3 nitrogen and oxygen atoms in total. The number of benzene rings is 1. The van der Waals surface area contributed by atoms with Gasteiger partial charge in [0.05, 0.1) is 13.0 Å². The number of ether oxygens (including phenoxy) is 1. The van der Waals surface area contributed by atoms with Crippen molar-refractivity contribution in [1.29, 1.82) is 0 Å². The van der Waals surface area contributed by atoms with E-state index in [9.17, 15) is 4.79 Å². The van der Waals surface area contributed by atoms with Crippen molar-refractivity contribution in [3.8, 4) is 5.75 Å². The first-order chi connectivity index (χ1) is 8.11. The Labute approximate surface area is 103 Å². The van der Waals surface area contributed by atoms with Gasteiger partial charge in [-0.1, -0.05) is 19.1 Å². The average Bonchev–Trinajstić information content (AvgIpc) is 2.29. The molecule has 1 amide bonds. The number of carbonyl (C=O) groups is 1. The van der Waals surface area contributed by atoms with Gasteiger partial charge in [0.15, 0.2) is 0 Å². The van der Waals surface area contributed by atoms with Gasteiger partial charge in [-0.05, 0) is 38.0 Å². The second-order valence-corrected chi connectivity index (χ2v) is 4.32. The molecule has 0 radical (unpaired) electrons. The Morgan fingerprint density at radius 3 is 2.47 bits per heavy atom. The van der Waals surface area contributed by atoms with E-state index in [0.29, 0.717) is 13.0 Å². The lowest BCUT2D eigenvalue weighted by Gasteiger charge is -2.09. The van der Waals surface area contributed by atoms with Crippen LogP contribution < -0.4 is 10.1 Å². The van der Waals surface area contributed by atoms with Crippen LogP contribution in [0.25, 0.3) is 0 Å². The van der Waals surface area contributed by atoms with Crippen LogP contribution in [0, 0.1) is 0 Å². The summed E-state index contributed by atoms with van der Waals surface area (Å²) in [4.78, 5) is 11.4. The maximum Gasteiger partial charge on any atom is 0.223 e. The van der Waals surface area contributed by atoms with Gasteiger partial charge in [0, 0.05) is 6.04 Å². The lowest BCUT2D eigenvalue weighted by atomic mass is 10.2. The number of rotatable bonds is 6. The molecule has 0 saturated carbocycles. The van der Waals surface area contributed by atoms with Crippen molar-refractivity contribution in [2.45, 2.75) is 39.7 Å². The molecule has 94 valence electrons. The highest BCUT2D eigenvalue weighted by Gasteiger charge is 2.03. The molecule has 0 aliphatic heterocycles. The molecular weight excluding hydrogens is 214 g/mol. The summed E-state index contributed by atoms with van der Waals surface area (Å²) in [5, 5.41) is 2.83. The number of hydrogen-bond donors (Lipinski definition) is 1. The first-order valence-electron chi connectivity index (χ1n) is 6.13. The van der Waals surface area contributed by atoms with Gasteiger partial charge in [-0.3, -0.25) is 4.79 Å². The van der Waals surface area contributed by atoms with Gasteiger partial charge in [-0.15, -0.1) is 0 Å². The minimum atomic E-state index is 0.0326. The predicted octanol–water partition coefficient (Wildman–Crippen LogP) is 2.54. The molecule has 1 aromatic carbocycles. The fourth-order valence-electron chi connectivity index (χ4n) is 1.48. The standard InChI is InChI=1S/C14H21NO2/c1-4-12-5-7-13(8-6-12)17-10-9-14(16)15-11(2)3/h5-8,11H,4,9-10H2,1-3H3,(H,15,16). The summed E-state index contributed by atoms with van der Waals surface area (Å²) in [6.07, 6.45) is 1.42. The van der Waals surface area contributed by atoms with Crippen LogP contribution in [0.1, 0.15) is 32.8 Å². The topological polar surface area (TPSA) is 38.3 Å². The van der Waals surface area contributed by atoms with E-state index in [1.54, 1.807) is 0 Å². The van der Waals surface area contributed by atoms with Crippen molar-refractivity contribution in [1.82, 2.24) is 5.32 Å². The van der Waals surface area contributed by atoms with Crippen molar-refractivity contribution in [3.05, 3.63) is 29.8 Å². The Kier molecular flexibility index (Phi) is 5.53. The van der Waals surface area contributed by atoms with E-state index in [1.807, 2.05) is 38.1 Å². The molecule has 0 aliphatic carbocycles. The van der Waals surface area contributed by atoms with Crippen LogP contribution in [0.15, 0.2) is 24.3 Å². The zero-order chi connectivity index (χ0) is 12.7. The lowest BCUT2D eigenvalue weighted by molar-refractivity contribution is -0.122. The summed E-state index contributed by atoms with van der Waals surface area (Å²) >= 11 is 0. The maximum absolute atomic E-state index is 11.4. The average molecular weight is 235 g/mol. The molecule has 1 rings (SSSR count). The molecule has 0 aliphatic rings. The molecule has 1 N–H and O–H groups in total. The summed E-state index contributed by atoms with van der Waals surface area (Å²) in [7, 11) is 0. The van der Waals surface area contributed by atoms with E-state index in [-0.39, 0.29) is 11.9 Å². The van der Waals surface area contributed by atoms with Crippen molar-refractivity contribution < 1.29 is 9.53 Å². The van der Waals surface area contributed by atoms with Gasteiger partial charge in [-0.2, -0.15) is 0 Å². The Balaban J connectivity index is 2.28. The number of hydrogen-bond acceptors (Lipinski definition) is 2. The van der Waals surface area contributed by atoms with E-state index in [2.05, 4.69) is 12.2 Å². The fraction of sp³-hybridized carbons (Fsp3) is 0.500. The van der Waals surface area contributed by atoms with E-state index >= 15 is 0 Å². The van der Waals surface area contributed by atoms with Crippen LogP contribution in [0.4, 0.5) is 0 Å². The molecule has 0 fully saturated rings. The van der Waals surface area contributed by atoms with Crippen LogP contribution in [0.2, 0.25) is 0 Å². The SMILES string of the molecule is CCc1ccc(OCCC(=O)NC(C)C)cc1. The van der Waals surface area contributed by atoms with Crippen LogP contribution in [-0.4, -0.2) is 18.6 Å². The molecule has 0 heterocycles. The summed E-state index contributed by atoms with van der Waals surface area (Å²) in [5.74, 6) is 0.852. The lowest BCUT2D eigenvalue weighted by Crippen LogP contribution is -2.31. The van der Waals surface area contributed by atoms with E-state index in [4.69, 9.17) is 4.74 Å². The monoisotopic (exact) mass is 235 g/mol. The highest BCUT2D eigenvalue weighted by molar-refractivity contribution is 5.76. The zero-order valence-electron chi connectivity index (χ0n) is 10.8. The van der Waals surface area contributed by atoms with E-state index in [0.717, 1.165) is 12.2 Å². The highest BCUT2D eigenvalue weighted by atomic mass is 16.5. The zero-order valence-corrected chi connectivity index (χ0v) is 10.8. The smallest absolute Gasteiger partial charge is 0.223 e. The second kappa shape index (κ2) is 6.94. The molecule has 0 unspecified atom stereocenters. The van der Waals surface area contributed by atoms with Gasteiger partial charge >= 0.3 is 0 Å². The third-order valence-electron chi connectivity index (χ3n) is 2.38. The van der Waals surface area contributed by atoms with Gasteiger partial charge in [0.25, 0.3) is 0 Å². The van der Waals surface area contributed by atoms with Crippen molar-refractivity contribution >= 4 is 5.91 Å². The van der Waals surface area contributed by atoms with E-state index < -0.39 is 0 Å². The fourth-order valence-corrected chi connectivity index (χ4v) is 1.48. The van der Waals surface area contributed by atoms with Gasteiger partial charge in [0.1, 0.15) is 5.75 Å². The molecule has 3 heteroatoms. The normalized spacial score (nSPS) is 10.4. The summed E-state index contributed by atoms with van der Waals surface area (Å²) in [6.45, 7) is 6.43. The second-order valence-electron chi connectivity index (χ2n) is 4.32. The first kappa shape index (κ1) is 13.6. The van der Waals surface area contributed by atoms with Crippen LogP contribution in [0.3, 0.4) is 0 Å². The Bertz CT molecular complexity index is 344.